The van der Waals surface area contributed by atoms with Crippen molar-refractivity contribution in [2.45, 2.75) is 12.2 Å². The van der Waals surface area contributed by atoms with Gasteiger partial charge in [0.05, 0.1) is 5.69 Å². The Morgan fingerprint density at radius 3 is 2.69 bits per heavy atom. The maximum Gasteiger partial charge on any atom is 0.220 e. The number of aromatic nitrogens is 1. The van der Waals surface area contributed by atoms with Crippen LogP contribution in [0, 0.1) is 5.92 Å². The van der Waals surface area contributed by atoms with Gasteiger partial charge in [-0.3, -0.25) is 4.99 Å². The van der Waals surface area contributed by atoms with Crippen LogP contribution >= 0.6 is 0 Å². The van der Waals surface area contributed by atoms with Gasteiger partial charge in [0.1, 0.15) is 12.0 Å². The summed E-state index contributed by atoms with van der Waals surface area (Å²) < 4.78 is 31.3. The Morgan fingerprint density at radius 2 is 2.12 bits per heavy atom. The van der Waals surface area contributed by atoms with Crippen molar-refractivity contribution in [3.63, 3.8) is 0 Å². The number of hydrogen-bond donors (Lipinski definition) is 1. The number of nitrogens with one attached hydrogen (secondary N) is 1. The summed E-state index contributed by atoms with van der Waals surface area (Å²) in [6.45, 7) is 5.32. The molecule has 0 saturated carbocycles. The highest BCUT2D eigenvalue weighted by Gasteiger charge is 2.29. The van der Waals surface area contributed by atoms with E-state index < -0.39 is 10.0 Å². The molecule has 1 aromatic heterocycles. The first kappa shape index (κ1) is 19.1. The van der Waals surface area contributed by atoms with Gasteiger partial charge in [-0.15, -0.1) is 0 Å². The molecule has 2 aliphatic heterocycles. The van der Waals surface area contributed by atoms with E-state index in [9.17, 15) is 8.42 Å². The van der Waals surface area contributed by atoms with Crippen LogP contribution in [0.4, 0.5) is 0 Å². The molecule has 0 radical (unpaired) electrons. The predicted molar refractivity (Wildman–Crippen MR) is 99.2 cm³/mol. The molecule has 26 heavy (non-hydrogen) atoms. The molecule has 1 aromatic rings. The van der Waals surface area contributed by atoms with Crippen LogP contribution in [0.5, 0.6) is 0 Å². The molecule has 0 bridgehead atoms. The van der Waals surface area contributed by atoms with Crippen LogP contribution in [0.1, 0.15) is 12.1 Å². The zero-order chi connectivity index (χ0) is 18.6. The zero-order valence-corrected chi connectivity index (χ0v) is 16.3. The van der Waals surface area contributed by atoms with E-state index in [-0.39, 0.29) is 5.75 Å². The number of likely N-dealkylation sites (tertiary alicyclic amines) is 1. The number of aliphatic imine (C=N–C) groups is 1. The van der Waals surface area contributed by atoms with E-state index in [1.807, 2.05) is 0 Å². The fourth-order valence-corrected chi connectivity index (χ4v) is 4.95. The highest BCUT2D eigenvalue weighted by Crippen LogP contribution is 2.14. The molecule has 1 atom stereocenters. The molecule has 0 spiro atoms. The number of piperazine rings is 1. The van der Waals surface area contributed by atoms with E-state index in [1.54, 1.807) is 13.1 Å². The Hall–Kier alpha value is -1.65. The van der Waals surface area contributed by atoms with Gasteiger partial charge in [-0.25, -0.2) is 8.42 Å². The molecule has 0 amide bonds. The molecule has 10 heteroatoms. The van der Waals surface area contributed by atoms with Gasteiger partial charge in [0.15, 0.2) is 5.96 Å². The van der Waals surface area contributed by atoms with Gasteiger partial charge in [-0.1, -0.05) is 5.16 Å². The first-order chi connectivity index (χ1) is 12.5. The van der Waals surface area contributed by atoms with Crippen LogP contribution in [-0.4, -0.2) is 93.5 Å². The zero-order valence-electron chi connectivity index (χ0n) is 15.5. The van der Waals surface area contributed by atoms with Gasteiger partial charge < -0.3 is 19.6 Å². The number of nitrogens with zero attached hydrogens (tertiary/aromatic N) is 5. The second-order valence-electron chi connectivity index (χ2n) is 6.98. The lowest BCUT2D eigenvalue weighted by Gasteiger charge is -2.36. The van der Waals surface area contributed by atoms with Crippen molar-refractivity contribution in [2.75, 3.05) is 59.9 Å². The maximum atomic E-state index is 12.5. The summed E-state index contributed by atoms with van der Waals surface area (Å²) in [4.78, 5) is 8.83. The van der Waals surface area contributed by atoms with Crippen LogP contribution in [-0.2, 0) is 15.8 Å². The molecular weight excluding hydrogens is 356 g/mol. The maximum absolute atomic E-state index is 12.5. The van der Waals surface area contributed by atoms with Crippen molar-refractivity contribution in [1.29, 1.82) is 0 Å². The van der Waals surface area contributed by atoms with E-state index >= 15 is 0 Å². The molecule has 0 aromatic carbocycles. The highest BCUT2D eigenvalue weighted by atomic mass is 32.2. The third-order valence-electron chi connectivity index (χ3n) is 5.00. The summed E-state index contributed by atoms with van der Waals surface area (Å²) in [5.74, 6) is 1.38. The Bertz CT molecular complexity index is 698. The van der Waals surface area contributed by atoms with Gasteiger partial charge in [0.2, 0.25) is 10.0 Å². The number of guanidine groups is 1. The van der Waals surface area contributed by atoms with Crippen LogP contribution in [0.3, 0.4) is 0 Å². The predicted octanol–water partition coefficient (Wildman–Crippen LogP) is -0.351. The molecule has 2 fully saturated rings. The van der Waals surface area contributed by atoms with Crippen molar-refractivity contribution >= 4 is 16.0 Å². The summed E-state index contributed by atoms with van der Waals surface area (Å²) in [5.41, 5.74) is 0.437. The summed E-state index contributed by atoms with van der Waals surface area (Å²) in [5, 5.41) is 7.15. The largest absolute Gasteiger partial charge is 0.364 e. The molecule has 9 nitrogen and oxygen atoms in total. The SMILES string of the molecule is CN=C(NCC1CCN(C)C1)N1CCN(S(=O)(=O)Cc2ccon2)CC1. The average Bonchev–Trinajstić information content (AvgIpc) is 3.27. The van der Waals surface area contributed by atoms with E-state index in [1.165, 1.54) is 17.0 Å². The Kier molecular flexibility index (Phi) is 6.15. The average molecular weight is 385 g/mol. The van der Waals surface area contributed by atoms with E-state index in [2.05, 4.69) is 32.3 Å². The molecule has 3 heterocycles. The van der Waals surface area contributed by atoms with Gasteiger partial charge in [-0.2, -0.15) is 4.31 Å². The first-order valence-electron chi connectivity index (χ1n) is 8.99. The lowest BCUT2D eigenvalue weighted by molar-refractivity contribution is 0.259. The topological polar surface area (TPSA) is 94.3 Å². The minimum absolute atomic E-state index is 0.119. The lowest BCUT2D eigenvalue weighted by atomic mass is 10.1. The summed E-state index contributed by atoms with van der Waals surface area (Å²) in [6, 6.07) is 1.58. The monoisotopic (exact) mass is 384 g/mol. The van der Waals surface area contributed by atoms with Gasteiger partial charge in [0, 0.05) is 52.4 Å². The van der Waals surface area contributed by atoms with Gasteiger partial charge in [-0.05, 0) is 25.9 Å². The Morgan fingerprint density at radius 1 is 1.35 bits per heavy atom. The molecule has 1 N–H and O–H groups in total. The van der Waals surface area contributed by atoms with Crippen molar-refractivity contribution in [2.24, 2.45) is 10.9 Å². The molecule has 2 saturated heterocycles. The molecule has 146 valence electrons. The van der Waals surface area contributed by atoms with Crippen LogP contribution in [0.15, 0.2) is 21.8 Å². The molecule has 2 aliphatic rings. The quantitative estimate of drug-likeness (QED) is 0.548. The molecular formula is C16H28N6O3S. The molecule has 3 rings (SSSR count). The van der Waals surface area contributed by atoms with Crippen molar-refractivity contribution < 1.29 is 12.9 Å². The summed E-state index contributed by atoms with van der Waals surface area (Å²) in [7, 11) is 0.546. The smallest absolute Gasteiger partial charge is 0.220 e. The van der Waals surface area contributed by atoms with Crippen LogP contribution in [0.2, 0.25) is 0 Å². The Balaban J connectivity index is 1.48. The van der Waals surface area contributed by atoms with E-state index in [0.29, 0.717) is 37.8 Å². The van der Waals surface area contributed by atoms with Gasteiger partial charge >= 0.3 is 0 Å². The minimum Gasteiger partial charge on any atom is -0.364 e. The molecule has 1 unspecified atom stereocenters. The lowest BCUT2D eigenvalue weighted by Crippen LogP contribution is -2.54. The molecule has 0 aliphatic carbocycles. The highest BCUT2D eigenvalue weighted by molar-refractivity contribution is 7.88. The fraction of sp³-hybridized carbons (Fsp3) is 0.750. The second kappa shape index (κ2) is 8.36. The van der Waals surface area contributed by atoms with E-state index in [0.717, 1.165) is 25.6 Å². The van der Waals surface area contributed by atoms with Crippen molar-refractivity contribution in [1.82, 2.24) is 24.6 Å². The first-order valence-corrected chi connectivity index (χ1v) is 10.6. The fourth-order valence-electron chi connectivity index (χ4n) is 3.53. The van der Waals surface area contributed by atoms with Crippen molar-refractivity contribution in [3.8, 4) is 0 Å². The van der Waals surface area contributed by atoms with E-state index in [4.69, 9.17) is 4.52 Å². The number of rotatable bonds is 5. The number of sulfonamides is 1. The van der Waals surface area contributed by atoms with Crippen LogP contribution in [0.25, 0.3) is 0 Å². The van der Waals surface area contributed by atoms with Crippen LogP contribution < -0.4 is 5.32 Å². The standard InChI is InChI=1S/C16H28N6O3S/c1-17-16(18-11-14-3-5-20(2)12-14)21-6-8-22(9-7-21)26(23,24)13-15-4-10-25-19-15/h4,10,14H,3,5-9,11-13H2,1-2H3,(H,17,18). The second-order valence-corrected chi connectivity index (χ2v) is 8.95. The minimum atomic E-state index is -3.38. The number of hydrogen-bond acceptors (Lipinski definition) is 6. The summed E-state index contributed by atoms with van der Waals surface area (Å²) in [6.07, 6.45) is 2.59. The Labute approximate surface area is 155 Å². The van der Waals surface area contributed by atoms with Crippen molar-refractivity contribution in [3.05, 3.63) is 18.0 Å². The third-order valence-corrected chi connectivity index (χ3v) is 6.82. The summed E-state index contributed by atoms with van der Waals surface area (Å²) >= 11 is 0. The van der Waals surface area contributed by atoms with Gasteiger partial charge in [0.25, 0.3) is 0 Å². The third kappa shape index (κ3) is 4.74. The normalized spacial score (nSPS) is 23.5.